The van der Waals surface area contributed by atoms with E-state index < -0.39 is 30.5 Å². The van der Waals surface area contributed by atoms with E-state index in [0.717, 1.165) is 0 Å². The molecule has 0 heterocycles. The molecule has 2 rings (SSSR count). The van der Waals surface area contributed by atoms with Gasteiger partial charge in [0, 0.05) is 5.69 Å². The highest BCUT2D eigenvalue weighted by Gasteiger charge is 2.22. The lowest BCUT2D eigenvalue weighted by molar-refractivity contribution is -0.123. The summed E-state index contributed by atoms with van der Waals surface area (Å²) >= 11 is 6.12. The number of carbonyl (C=O) groups excluding carboxylic acids is 3. The summed E-state index contributed by atoms with van der Waals surface area (Å²) in [7, 11) is 2.87. The first-order valence-electron chi connectivity index (χ1n) is 8.69. The van der Waals surface area contributed by atoms with Crippen molar-refractivity contribution in [1.29, 1.82) is 0 Å². The van der Waals surface area contributed by atoms with Crippen molar-refractivity contribution in [2.24, 2.45) is 5.73 Å². The molecule has 0 spiro atoms. The van der Waals surface area contributed by atoms with Gasteiger partial charge in [-0.15, -0.1) is 0 Å². The lowest BCUT2D eigenvalue weighted by Gasteiger charge is -2.16. The zero-order chi connectivity index (χ0) is 22.3. The van der Waals surface area contributed by atoms with Gasteiger partial charge in [0.15, 0.2) is 24.2 Å². The number of ether oxygens (including phenoxy) is 4. The Kier molecular flexibility index (Phi) is 7.88. The van der Waals surface area contributed by atoms with Gasteiger partial charge in [-0.2, -0.15) is 0 Å². The maximum Gasteiger partial charge on any atom is 0.339 e. The van der Waals surface area contributed by atoms with Crippen molar-refractivity contribution in [2.75, 3.05) is 26.1 Å². The number of hydrogen-bond acceptors (Lipinski definition) is 7. The Balaban J connectivity index is 2.07. The van der Waals surface area contributed by atoms with Crippen LogP contribution in [0.3, 0.4) is 0 Å². The van der Waals surface area contributed by atoms with Crippen molar-refractivity contribution < 1.29 is 33.3 Å². The van der Waals surface area contributed by atoms with Crippen molar-refractivity contribution >= 4 is 35.1 Å². The Labute approximate surface area is 178 Å². The summed E-state index contributed by atoms with van der Waals surface area (Å²) in [5.41, 5.74) is 5.60. The second kappa shape index (κ2) is 10.4. The highest BCUT2D eigenvalue weighted by molar-refractivity contribution is 6.32. The monoisotopic (exact) mass is 436 g/mol. The molecule has 9 nitrogen and oxygen atoms in total. The fourth-order valence-corrected chi connectivity index (χ4v) is 2.59. The molecule has 0 aliphatic rings. The van der Waals surface area contributed by atoms with E-state index in [-0.39, 0.29) is 22.1 Å². The van der Waals surface area contributed by atoms with Gasteiger partial charge in [-0.3, -0.25) is 9.59 Å². The third-order valence-electron chi connectivity index (χ3n) is 3.83. The molecule has 0 saturated heterocycles. The summed E-state index contributed by atoms with van der Waals surface area (Å²) < 4.78 is 20.6. The van der Waals surface area contributed by atoms with E-state index in [1.165, 1.54) is 33.3 Å². The first-order valence-corrected chi connectivity index (χ1v) is 9.07. The molecule has 30 heavy (non-hydrogen) atoms. The predicted molar refractivity (Wildman–Crippen MR) is 109 cm³/mol. The zero-order valence-corrected chi connectivity index (χ0v) is 17.3. The number of hydrogen-bond donors (Lipinski definition) is 2. The number of nitrogens with one attached hydrogen (secondary N) is 1. The average molecular weight is 437 g/mol. The summed E-state index contributed by atoms with van der Waals surface area (Å²) in [6.45, 7) is 1.02. The minimum absolute atomic E-state index is 0.0119. The highest BCUT2D eigenvalue weighted by Crippen LogP contribution is 2.36. The van der Waals surface area contributed by atoms with E-state index in [1.807, 2.05) is 0 Å². The third kappa shape index (κ3) is 6.02. The number of amides is 2. The van der Waals surface area contributed by atoms with E-state index in [4.69, 9.17) is 36.3 Å². The smallest absolute Gasteiger partial charge is 0.339 e. The number of primary amides is 1. The summed E-state index contributed by atoms with van der Waals surface area (Å²) in [4.78, 5) is 35.6. The van der Waals surface area contributed by atoms with Crippen molar-refractivity contribution in [2.45, 2.75) is 13.0 Å². The van der Waals surface area contributed by atoms with E-state index in [0.29, 0.717) is 11.4 Å². The SMILES string of the molecule is COc1ccc(NC(=O)C(C)OC(=O)c2cc(Cl)c(OCC(N)=O)c(OC)c2)cc1. The second-order valence-corrected chi connectivity index (χ2v) is 6.42. The molecule has 0 fully saturated rings. The summed E-state index contributed by atoms with van der Waals surface area (Å²) in [6.07, 6.45) is -1.09. The molecule has 0 aliphatic carbocycles. The van der Waals surface area contributed by atoms with Crippen LogP contribution in [0.4, 0.5) is 5.69 Å². The van der Waals surface area contributed by atoms with Crippen LogP contribution in [-0.4, -0.2) is 44.7 Å². The van der Waals surface area contributed by atoms with Gasteiger partial charge in [-0.1, -0.05) is 11.6 Å². The van der Waals surface area contributed by atoms with Crippen molar-refractivity contribution in [3.8, 4) is 17.2 Å². The van der Waals surface area contributed by atoms with Crippen molar-refractivity contribution in [1.82, 2.24) is 0 Å². The van der Waals surface area contributed by atoms with Crippen molar-refractivity contribution in [3.05, 3.63) is 47.0 Å². The van der Waals surface area contributed by atoms with E-state index in [9.17, 15) is 14.4 Å². The molecular formula is C20H21ClN2O7. The largest absolute Gasteiger partial charge is 0.497 e. The van der Waals surface area contributed by atoms with Crippen LogP contribution >= 0.6 is 11.6 Å². The van der Waals surface area contributed by atoms with Gasteiger partial charge in [0.2, 0.25) is 0 Å². The molecule has 2 aromatic rings. The molecule has 0 aliphatic heterocycles. The number of benzene rings is 2. The quantitative estimate of drug-likeness (QED) is 0.578. The standard InChI is InChI=1S/C20H21ClN2O7/c1-11(19(25)23-13-4-6-14(27-2)7-5-13)30-20(26)12-8-15(21)18(16(9-12)28-3)29-10-17(22)24/h4-9,11H,10H2,1-3H3,(H2,22,24)(H,23,25). The lowest BCUT2D eigenvalue weighted by Crippen LogP contribution is -2.30. The summed E-state index contributed by atoms with van der Waals surface area (Å²) in [5.74, 6) is -1.22. The number of nitrogens with two attached hydrogens (primary N) is 1. The van der Waals surface area contributed by atoms with Crippen LogP contribution in [-0.2, 0) is 14.3 Å². The van der Waals surface area contributed by atoms with Crippen molar-refractivity contribution in [3.63, 3.8) is 0 Å². The van der Waals surface area contributed by atoms with E-state index >= 15 is 0 Å². The molecule has 160 valence electrons. The molecular weight excluding hydrogens is 416 g/mol. The number of halogens is 1. The van der Waals surface area contributed by atoms with E-state index in [1.54, 1.807) is 24.3 Å². The topological polar surface area (TPSA) is 126 Å². The number of carbonyl (C=O) groups is 3. The van der Waals surface area contributed by atoms with Crippen LogP contribution in [0.25, 0.3) is 0 Å². The van der Waals surface area contributed by atoms with Gasteiger partial charge < -0.3 is 30.0 Å². The summed E-state index contributed by atoms with van der Waals surface area (Å²) in [6, 6.07) is 9.27. The number of methoxy groups -OCH3 is 2. The van der Waals surface area contributed by atoms with Crippen LogP contribution in [0.2, 0.25) is 5.02 Å². The molecule has 0 saturated carbocycles. The first kappa shape index (κ1) is 22.8. The van der Waals surface area contributed by atoms with Crippen LogP contribution in [0, 0.1) is 0 Å². The molecule has 0 bridgehead atoms. The number of rotatable bonds is 9. The molecule has 2 aromatic carbocycles. The van der Waals surface area contributed by atoms with Gasteiger partial charge in [-0.25, -0.2) is 4.79 Å². The summed E-state index contributed by atoms with van der Waals surface area (Å²) in [5, 5.41) is 2.65. The molecule has 1 atom stereocenters. The Morgan fingerprint density at radius 2 is 1.77 bits per heavy atom. The van der Waals surface area contributed by atoms with Gasteiger partial charge in [0.25, 0.3) is 11.8 Å². The zero-order valence-electron chi connectivity index (χ0n) is 16.6. The fourth-order valence-electron chi connectivity index (χ4n) is 2.32. The van der Waals surface area contributed by atoms with Crippen LogP contribution < -0.4 is 25.3 Å². The minimum Gasteiger partial charge on any atom is -0.497 e. The van der Waals surface area contributed by atoms with Crippen LogP contribution in [0.5, 0.6) is 17.2 Å². The van der Waals surface area contributed by atoms with Crippen LogP contribution in [0.15, 0.2) is 36.4 Å². The molecule has 1 unspecified atom stereocenters. The molecule has 0 aromatic heterocycles. The Bertz CT molecular complexity index is 931. The maximum absolute atomic E-state index is 12.4. The highest BCUT2D eigenvalue weighted by atomic mass is 35.5. The van der Waals surface area contributed by atoms with Gasteiger partial charge >= 0.3 is 5.97 Å². The minimum atomic E-state index is -1.09. The van der Waals surface area contributed by atoms with Crippen LogP contribution in [0.1, 0.15) is 17.3 Å². The second-order valence-electron chi connectivity index (χ2n) is 6.01. The first-order chi connectivity index (χ1) is 14.2. The maximum atomic E-state index is 12.4. The molecule has 10 heteroatoms. The number of anilines is 1. The Morgan fingerprint density at radius 1 is 1.10 bits per heavy atom. The third-order valence-corrected chi connectivity index (χ3v) is 4.12. The normalized spacial score (nSPS) is 11.2. The van der Waals surface area contributed by atoms with Gasteiger partial charge in [0.05, 0.1) is 24.8 Å². The van der Waals surface area contributed by atoms with Gasteiger partial charge in [-0.05, 0) is 43.3 Å². The Hall–Kier alpha value is -3.46. The van der Waals surface area contributed by atoms with E-state index in [2.05, 4.69) is 5.32 Å². The Morgan fingerprint density at radius 3 is 2.33 bits per heavy atom. The molecule has 0 radical (unpaired) electrons. The molecule has 2 amide bonds. The average Bonchev–Trinajstić information content (AvgIpc) is 2.72. The fraction of sp³-hybridized carbons (Fsp3) is 0.250. The van der Waals surface area contributed by atoms with Gasteiger partial charge in [0.1, 0.15) is 5.75 Å². The molecule has 3 N–H and O–H groups in total. The number of esters is 1. The lowest BCUT2D eigenvalue weighted by atomic mass is 10.2. The predicted octanol–water partition coefficient (Wildman–Crippen LogP) is 2.41.